The molecule has 2 heterocycles. The molecule has 11 aromatic rings. The highest BCUT2D eigenvalue weighted by Gasteiger charge is 2.37. The van der Waals surface area contributed by atoms with Crippen LogP contribution in [-0.2, 0) is 5.41 Å². The molecule has 0 aliphatic heterocycles. The Morgan fingerprint density at radius 3 is 1.91 bits per heavy atom. The van der Waals surface area contributed by atoms with Crippen molar-refractivity contribution in [3.63, 3.8) is 0 Å². The quantitative estimate of drug-likeness (QED) is 0.180. The topological polar surface area (TPSA) is 38.9 Å². The number of nitrogens with zero attached hydrogens (tertiary/aromatic N) is 2. The van der Waals surface area contributed by atoms with E-state index in [1.165, 1.54) is 60.3 Å². The van der Waals surface area contributed by atoms with Crippen LogP contribution in [0.5, 0.6) is 0 Å². The largest absolute Gasteiger partial charge is 0.456 e. The van der Waals surface area contributed by atoms with Gasteiger partial charge in [0.05, 0.1) is 11.4 Å². The van der Waals surface area contributed by atoms with Crippen molar-refractivity contribution < 1.29 is 4.42 Å². The first-order valence-corrected chi connectivity index (χ1v) is 20.0. The monoisotopic (exact) mass is 740 g/mol. The summed E-state index contributed by atoms with van der Waals surface area (Å²) in [5, 5.41) is 9.52. The standard InChI is InChI=1S/C55H36N2O/c1-55(2)46-22-12-21-43(52(46)45-29-35-16-6-7-17-36(35)30-47(45)55)41-26-27-42(40-20-11-10-19-39(40)41)49-32-48(56-54(57-49)34-14-4-3-5-15-34)37-23-25-44-51(31-37)58-50-28-24-33-13-8-9-18-38(33)53(44)50/h3-32H,1-2H3. The van der Waals surface area contributed by atoms with E-state index in [1.54, 1.807) is 0 Å². The highest BCUT2D eigenvalue weighted by molar-refractivity contribution is 6.19. The summed E-state index contributed by atoms with van der Waals surface area (Å²) in [6.45, 7) is 4.73. The van der Waals surface area contributed by atoms with E-state index < -0.39 is 0 Å². The SMILES string of the molecule is CC1(C)c2cc3ccccc3cc2-c2c(-c3ccc(-c4cc(-c5ccc6c(c5)oc5ccc7ccccc7c56)nc(-c5ccccc5)n4)c4ccccc34)cccc21. The zero-order valence-electron chi connectivity index (χ0n) is 32.1. The van der Waals surface area contributed by atoms with Crippen LogP contribution in [0.25, 0.3) is 110 Å². The third-order valence-electron chi connectivity index (χ3n) is 12.5. The fourth-order valence-corrected chi connectivity index (χ4v) is 9.61. The molecule has 0 spiro atoms. The van der Waals surface area contributed by atoms with Crippen molar-refractivity contribution >= 4 is 54.3 Å². The maximum atomic E-state index is 6.51. The number of hydrogen-bond donors (Lipinski definition) is 0. The Morgan fingerprint density at radius 2 is 1.09 bits per heavy atom. The summed E-state index contributed by atoms with van der Waals surface area (Å²) in [7, 11) is 0. The maximum Gasteiger partial charge on any atom is 0.160 e. The van der Waals surface area contributed by atoms with Crippen molar-refractivity contribution in [2.45, 2.75) is 19.3 Å². The van der Waals surface area contributed by atoms with Gasteiger partial charge in [0.2, 0.25) is 0 Å². The zero-order chi connectivity index (χ0) is 38.5. The average Bonchev–Trinajstić information content (AvgIpc) is 3.76. The molecular formula is C55H36N2O. The molecule has 0 amide bonds. The van der Waals surface area contributed by atoms with Crippen LogP contribution in [0.3, 0.4) is 0 Å². The van der Waals surface area contributed by atoms with Crippen LogP contribution in [0, 0.1) is 0 Å². The fraction of sp³-hybridized carbons (Fsp3) is 0.0545. The van der Waals surface area contributed by atoms with E-state index in [9.17, 15) is 0 Å². The molecule has 0 saturated carbocycles. The number of rotatable bonds is 4. The predicted octanol–water partition coefficient (Wildman–Crippen LogP) is 14.8. The Labute approximate surface area is 335 Å². The summed E-state index contributed by atoms with van der Waals surface area (Å²) >= 11 is 0. The van der Waals surface area contributed by atoms with E-state index in [0.717, 1.165) is 55.4 Å². The Balaban J connectivity index is 1.05. The minimum atomic E-state index is -0.120. The van der Waals surface area contributed by atoms with Gasteiger partial charge in [0.1, 0.15) is 11.2 Å². The van der Waals surface area contributed by atoms with Crippen LogP contribution in [0.4, 0.5) is 0 Å². The summed E-state index contributed by atoms with van der Waals surface area (Å²) in [5.74, 6) is 0.684. The molecule has 58 heavy (non-hydrogen) atoms. The lowest BCUT2D eigenvalue weighted by Gasteiger charge is -2.22. The number of hydrogen-bond acceptors (Lipinski definition) is 3. The molecule has 12 rings (SSSR count). The molecule has 0 bridgehead atoms. The molecule has 0 radical (unpaired) electrons. The summed E-state index contributed by atoms with van der Waals surface area (Å²) in [4.78, 5) is 10.5. The fourth-order valence-electron chi connectivity index (χ4n) is 9.61. The van der Waals surface area contributed by atoms with Crippen LogP contribution in [0.1, 0.15) is 25.0 Å². The lowest BCUT2D eigenvalue weighted by atomic mass is 9.81. The van der Waals surface area contributed by atoms with Crippen molar-refractivity contribution in [2.24, 2.45) is 0 Å². The highest BCUT2D eigenvalue weighted by atomic mass is 16.3. The molecular weight excluding hydrogens is 705 g/mol. The van der Waals surface area contributed by atoms with Crippen LogP contribution in [0.15, 0.2) is 186 Å². The van der Waals surface area contributed by atoms with Crippen molar-refractivity contribution in [1.82, 2.24) is 9.97 Å². The molecule has 1 aliphatic rings. The third-order valence-corrected chi connectivity index (χ3v) is 12.5. The molecule has 3 heteroatoms. The van der Waals surface area contributed by atoms with Gasteiger partial charge < -0.3 is 4.42 Å². The normalized spacial score (nSPS) is 13.1. The second-order valence-electron chi connectivity index (χ2n) is 16.1. The molecule has 1 aliphatic carbocycles. The summed E-state index contributed by atoms with van der Waals surface area (Å²) in [5.41, 5.74) is 14.2. The van der Waals surface area contributed by atoms with E-state index in [0.29, 0.717) is 5.82 Å². The second-order valence-corrected chi connectivity index (χ2v) is 16.1. The number of benzene rings is 9. The Kier molecular flexibility index (Phi) is 6.98. The lowest BCUT2D eigenvalue weighted by molar-refractivity contribution is 0.661. The molecule has 0 saturated heterocycles. The van der Waals surface area contributed by atoms with E-state index in [4.69, 9.17) is 14.4 Å². The second kappa shape index (κ2) is 12.3. The van der Waals surface area contributed by atoms with E-state index in [1.807, 2.05) is 18.2 Å². The van der Waals surface area contributed by atoms with Crippen molar-refractivity contribution in [3.05, 3.63) is 193 Å². The van der Waals surface area contributed by atoms with Crippen LogP contribution < -0.4 is 0 Å². The van der Waals surface area contributed by atoms with Gasteiger partial charge in [0, 0.05) is 32.9 Å². The zero-order valence-corrected chi connectivity index (χ0v) is 32.1. The third kappa shape index (κ3) is 4.86. The summed E-state index contributed by atoms with van der Waals surface area (Å²) < 4.78 is 6.51. The molecule has 2 aromatic heterocycles. The first-order chi connectivity index (χ1) is 28.5. The summed E-state index contributed by atoms with van der Waals surface area (Å²) in [6, 6.07) is 65.3. The lowest BCUT2D eigenvalue weighted by Crippen LogP contribution is -2.14. The van der Waals surface area contributed by atoms with E-state index >= 15 is 0 Å². The van der Waals surface area contributed by atoms with E-state index in [2.05, 4.69) is 178 Å². The van der Waals surface area contributed by atoms with Gasteiger partial charge in [-0.1, -0.05) is 159 Å². The molecule has 3 nitrogen and oxygen atoms in total. The van der Waals surface area contributed by atoms with Crippen molar-refractivity contribution in [3.8, 4) is 56.2 Å². The predicted molar refractivity (Wildman–Crippen MR) is 241 cm³/mol. The molecule has 9 aromatic carbocycles. The van der Waals surface area contributed by atoms with Gasteiger partial charge in [0.15, 0.2) is 5.82 Å². The van der Waals surface area contributed by atoms with Gasteiger partial charge in [0.25, 0.3) is 0 Å². The number of aromatic nitrogens is 2. The van der Waals surface area contributed by atoms with Crippen LogP contribution in [0.2, 0.25) is 0 Å². The smallest absolute Gasteiger partial charge is 0.160 e. The van der Waals surface area contributed by atoms with Gasteiger partial charge in [-0.2, -0.15) is 0 Å². The highest BCUT2D eigenvalue weighted by Crippen LogP contribution is 2.54. The number of fused-ring (bicyclic) bond motifs is 10. The summed E-state index contributed by atoms with van der Waals surface area (Å²) in [6.07, 6.45) is 0. The molecule has 0 atom stereocenters. The molecule has 0 N–H and O–H groups in total. The Hall–Kier alpha value is -7.36. The van der Waals surface area contributed by atoms with Crippen molar-refractivity contribution in [2.75, 3.05) is 0 Å². The molecule has 0 unspecified atom stereocenters. The van der Waals surface area contributed by atoms with Gasteiger partial charge in [-0.3, -0.25) is 0 Å². The maximum absolute atomic E-state index is 6.51. The number of furan rings is 1. The first-order valence-electron chi connectivity index (χ1n) is 20.0. The van der Waals surface area contributed by atoms with Crippen LogP contribution in [-0.4, -0.2) is 9.97 Å². The molecule has 0 fully saturated rings. The van der Waals surface area contributed by atoms with Gasteiger partial charge in [-0.15, -0.1) is 0 Å². The Bertz CT molecular complexity index is 3480. The van der Waals surface area contributed by atoms with E-state index in [-0.39, 0.29) is 5.41 Å². The minimum absolute atomic E-state index is 0.120. The first kappa shape index (κ1) is 32.8. The molecule has 272 valence electrons. The Morgan fingerprint density at radius 1 is 0.397 bits per heavy atom. The average molecular weight is 741 g/mol. The van der Waals surface area contributed by atoms with Gasteiger partial charge >= 0.3 is 0 Å². The van der Waals surface area contributed by atoms with Crippen LogP contribution >= 0.6 is 0 Å². The minimum Gasteiger partial charge on any atom is -0.456 e. The van der Waals surface area contributed by atoms with Crippen molar-refractivity contribution in [1.29, 1.82) is 0 Å². The van der Waals surface area contributed by atoms with Gasteiger partial charge in [-0.25, -0.2) is 9.97 Å². The van der Waals surface area contributed by atoms with Gasteiger partial charge in [-0.05, 0) is 102 Å².